The smallest absolute Gasteiger partial charge is 0.345 e. The Morgan fingerprint density at radius 3 is 2.37 bits per heavy atom. The first-order valence-electron chi connectivity index (χ1n) is 11.7. The third kappa shape index (κ3) is 4.70. The number of nitro groups is 1. The van der Waals surface area contributed by atoms with Crippen LogP contribution in [0.15, 0.2) is 75.7 Å². The number of nitro benzene ring substituents is 1. The first kappa shape index (κ1) is 26.3. The van der Waals surface area contributed by atoms with Crippen molar-refractivity contribution in [2.24, 2.45) is 0 Å². The molecule has 0 aliphatic rings. The highest BCUT2D eigenvalue weighted by Gasteiger charge is 2.29. The van der Waals surface area contributed by atoms with Crippen LogP contribution in [0.4, 0.5) is 5.69 Å². The van der Waals surface area contributed by atoms with Gasteiger partial charge in [0.1, 0.15) is 0 Å². The standard InChI is InChI=1S/C29H21Br2NO5S/c1-15-16(2)38-28-24(15)25(19-10-6-7-11-20(19)26(28)31)18-13-21(30)27(22(14-18)32(35)36)37-23(29(33)34)12-17-8-4-3-5-9-17/h3-11,13-14,23H,12H2,1-2H3,(H,33,34)/t23-/m1/s1. The second-order valence-corrected chi connectivity index (χ2v) is 11.8. The van der Waals surface area contributed by atoms with E-state index >= 15 is 0 Å². The molecule has 0 radical (unpaired) electrons. The van der Waals surface area contributed by atoms with Crippen molar-refractivity contribution >= 4 is 75.7 Å². The van der Waals surface area contributed by atoms with E-state index in [1.54, 1.807) is 41.7 Å². The fourth-order valence-electron chi connectivity index (χ4n) is 4.66. The monoisotopic (exact) mass is 653 g/mol. The van der Waals surface area contributed by atoms with Gasteiger partial charge in [0, 0.05) is 27.2 Å². The predicted octanol–water partition coefficient (Wildman–Crippen LogP) is 8.85. The molecule has 38 heavy (non-hydrogen) atoms. The van der Waals surface area contributed by atoms with Crippen LogP contribution in [0.1, 0.15) is 16.0 Å². The molecule has 0 aliphatic heterocycles. The summed E-state index contributed by atoms with van der Waals surface area (Å²) in [5.41, 5.74) is 3.08. The van der Waals surface area contributed by atoms with Gasteiger partial charge in [0.15, 0.2) is 6.10 Å². The average Bonchev–Trinajstić information content (AvgIpc) is 3.19. The van der Waals surface area contributed by atoms with Crippen LogP contribution in [-0.2, 0) is 11.2 Å². The van der Waals surface area contributed by atoms with Gasteiger partial charge in [-0.15, -0.1) is 11.3 Å². The molecule has 0 aliphatic carbocycles. The van der Waals surface area contributed by atoms with E-state index in [1.807, 2.05) is 30.3 Å². The Balaban J connectivity index is 1.71. The van der Waals surface area contributed by atoms with Gasteiger partial charge >= 0.3 is 11.7 Å². The van der Waals surface area contributed by atoms with E-state index in [4.69, 9.17) is 4.74 Å². The summed E-state index contributed by atoms with van der Waals surface area (Å²) in [4.78, 5) is 24.9. The van der Waals surface area contributed by atoms with Crippen molar-refractivity contribution < 1.29 is 19.6 Å². The van der Waals surface area contributed by atoms with Gasteiger partial charge in [0.2, 0.25) is 5.75 Å². The summed E-state index contributed by atoms with van der Waals surface area (Å²) in [6.45, 7) is 4.12. The molecule has 5 aromatic rings. The van der Waals surface area contributed by atoms with E-state index in [0.29, 0.717) is 10.0 Å². The van der Waals surface area contributed by atoms with Gasteiger partial charge in [-0.2, -0.15) is 0 Å². The largest absolute Gasteiger partial charge is 0.478 e. The van der Waals surface area contributed by atoms with Crippen molar-refractivity contribution in [3.8, 4) is 16.9 Å². The van der Waals surface area contributed by atoms with Gasteiger partial charge in [0.25, 0.3) is 0 Å². The van der Waals surface area contributed by atoms with Gasteiger partial charge in [-0.25, -0.2) is 4.79 Å². The molecular formula is C29H21Br2NO5S. The Kier molecular flexibility index (Phi) is 7.26. The van der Waals surface area contributed by atoms with Crippen molar-refractivity contribution in [3.63, 3.8) is 0 Å². The maximum Gasteiger partial charge on any atom is 0.345 e. The summed E-state index contributed by atoms with van der Waals surface area (Å²) in [6, 6.07) is 20.2. The SMILES string of the molecule is Cc1sc2c(Br)c3ccccc3c(-c3cc(Br)c(O[C@H](Cc4ccccc4)C(=O)O)c([N+](=O)[O-])c3)c2c1C. The van der Waals surface area contributed by atoms with Gasteiger partial charge in [-0.05, 0) is 84.8 Å². The van der Waals surface area contributed by atoms with Crippen LogP contribution in [-0.4, -0.2) is 22.1 Å². The maximum atomic E-state index is 12.3. The van der Waals surface area contributed by atoms with Crippen LogP contribution in [0, 0.1) is 24.0 Å². The topological polar surface area (TPSA) is 89.7 Å². The molecule has 0 unspecified atom stereocenters. The molecule has 0 saturated carbocycles. The lowest BCUT2D eigenvalue weighted by molar-refractivity contribution is -0.386. The Morgan fingerprint density at radius 1 is 1.05 bits per heavy atom. The van der Waals surface area contributed by atoms with Crippen LogP contribution < -0.4 is 4.74 Å². The lowest BCUT2D eigenvalue weighted by Crippen LogP contribution is -2.29. The van der Waals surface area contributed by atoms with Gasteiger partial charge in [-0.1, -0.05) is 54.6 Å². The predicted molar refractivity (Wildman–Crippen MR) is 158 cm³/mol. The average molecular weight is 655 g/mol. The molecular weight excluding hydrogens is 634 g/mol. The van der Waals surface area contributed by atoms with Crippen LogP contribution in [0.2, 0.25) is 0 Å². The molecule has 0 bridgehead atoms. The van der Waals surface area contributed by atoms with Crippen molar-refractivity contribution in [3.05, 3.63) is 102 Å². The van der Waals surface area contributed by atoms with Gasteiger partial charge < -0.3 is 9.84 Å². The summed E-state index contributed by atoms with van der Waals surface area (Å²) in [5, 5.41) is 25.1. The minimum absolute atomic E-state index is 0.0624. The molecule has 4 aromatic carbocycles. The number of carbonyl (C=O) groups is 1. The second-order valence-electron chi connectivity index (χ2n) is 8.92. The number of fused-ring (bicyclic) bond motifs is 2. The summed E-state index contributed by atoms with van der Waals surface area (Å²) >= 11 is 8.93. The van der Waals surface area contributed by atoms with Crippen LogP contribution >= 0.6 is 43.2 Å². The lowest BCUT2D eigenvalue weighted by Gasteiger charge is -2.18. The van der Waals surface area contributed by atoms with E-state index in [2.05, 4.69) is 45.7 Å². The zero-order valence-electron chi connectivity index (χ0n) is 20.3. The first-order valence-corrected chi connectivity index (χ1v) is 14.1. The summed E-state index contributed by atoms with van der Waals surface area (Å²) < 4.78 is 8.20. The van der Waals surface area contributed by atoms with Crippen molar-refractivity contribution in [1.29, 1.82) is 0 Å². The quantitative estimate of drug-likeness (QED) is 0.140. The third-order valence-corrected chi connectivity index (χ3v) is 9.48. The molecule has 5 rings (SSSR count). The normalized spacial score (nSPS) is 12.1. The molecule has 0 saturated heterocycles. The Bertz CT molecular complexity index is 1730. The summed E-state index contributed by atoms with van der Waals surface area (Å²) in [6.07, 6.45) is -1.24. The highest BCUT2D eigenvalue weighted by Crippen LogP contribution is 2.49. The second kappa shape index (κ2) is 10.5. The summed E-state index contributed by atoms with van der Waals surface area (Å²) in [7, 11) is 0. The number of halogens is 2. The van der Waals surface area contributed by atoms with E-state index in [0.717, 1.165) is 46.9 Å². The number of ether oxygens (including phenoxy) is 1. The molecule has 0 amide bonds. The van der Waals surface area contributed by atoms with Crippen molar-refractivity contribution in [1.82, 2.24) is 0 Å². The molecule has 0 spiro atoms. The van der Waals surface area contributed by atoms with E-state index in [9.17, 15) is 20.0 Å². The molecule has 6 nitrogen and oxygen atoms in total. The number of benzene rings is 4. The molecule has 0 fully saturated rings. The van der Waals surface area contributed by atoms with Crippen LogP contribution in [0.5, 0.6) is 5.75 Å². The molecule has 9 heteroatoms. The fraction of sp³-hybridized carbons (Fsp3) is 0.138. The minimum Gasteiger partial charge on any atom is -0.478 e. The number of aliphatic carboxylic acids is 1. The third-order valence-electron chi connectivity index (χ3n) is 6.58. The molecule has 1 N–H and O–H groups in total. The van der Waals surface area contributed by atoms with Gasteiger partial charge in [-0.3, -0.25) is 10.1 Å². The number of aryl methyl sites for hydroxylation is 2. The van der Waals surface area contributed by atoms with E-state index in [-0.39, 0.29) is 17.9 Å². The Labute approximate surface area is 239 Å². The first-order chi connectivity index (χ1) is 18.2. The van der Waals surface area contributed by atoms with E-state index in [1.165, 1.54) is 6.07 Å². The number of thiophene rings is 1. The molecule has 1 aromatic heterocycles. The van der Waals surface area contributed by atoms with Crippen molar-refractivity contribution in [2.75, 3.05) is 0 Å². The number of carboxylic acid groups (broad SMARTS) is 1. The minimum atomic E-state index is -1.31. The highest BCUT2D eigenvalue weighted by atomic mass is 79.9. The van der Waals surface area contributed by atoms with Crippen LogP contribution in [0.3, 0.4) is 0 Å². The fourth-order valence-corrected chi connectivity index (χ4v) is 7.11. The lowest BCUT2D eigenvalue weighted by atomic mass is 9.92. The molecule has 1 atom stereocenters. The number of rotatable bonds is 7. The number of nitrogens with zero attached hydrogens (tertiary/aromatic N) is 1. The molecule has 1 heterocycles. The Morgan fingerprint density at radius 2 is 1.71 bits per heavy atom. The molecule has 192 valence electrons. The maximum absolute atomic E-state index is 12.3. The highest BCUT2D eigenvalue weighted by molar-refractivity contribution is 9.11. The number of hydrogen-bond acceptors (Lipinski definition) is 5. The van der Waals surface area contributed by atoms with Crippen LogP contribution in [0.25, 0.3) is 32.0 Å². The number of carboxylic acids is 1. The van der Waals surface area contributed by atoms with Gasteiger partial charge in [0.05, 0.1) is 14.1 Å². The zero-order chi connectivity index (χ0) is 27.1. The Hall–Kier alpha value is -3.27. The van der Waals surface area contributed by atoms with E-state index < -0.39 is 17.0 Å². The number of hydrogen-bond donors (Lipinski definition) is 1. The zero-order valence-corrected chi connectivity index (χ0v) is 24.3. The summed E-state index contributed by atoms with van der Waals surface area (Å²) in [5.74, 6) is -1.32. The van der Waals surface area contributed by atoms with Crippen molar-refractivity contribution in [2.45, 2.75) is 26.4 Å².